The van der Waals surface area contributed by atoms with Crippen molar-refractivity contribution in [1.82, 2.24) is 0 Å². The molecule has 1 aromatic carbocycles. The maximum atomic E-state index is 12.6. The van der Waals surface area contributed by atoms with Gasteiger partial charge in [0, 0.05) is 5.92 Å². The molecule has 0 saturated carbocycles. The Morgan fingerprint density at radius 1 is 1.39 bits per heavy atom. The summed E-state index contributed by atoms with van der Waals surface area (Å²) in [6, 6.07) is 5.81. The molecule has 3 atom stereocenters. The topological polar surface area (TPSA) is 72.8 Å². The van der Waals surface area contributed by atoms with Gasteiger partial charge >= 0.3 is 5.97 Å². The van der Waals surface area contributed by atoms with E-state index in [-0.39, 0.29) is 23.2 Å². The molecule has 5 nitrogen and oxygen atoms in total. The van der Waals surface area contributed by atoms with Gasteiger partial charge in [0.1, 0.15) is 17.4 Å². The monoisotopic (exact) mass is 314 g/mol. The van der Waals surface area contributed by atoms with Gasteiger partial charge in [-0.05, 0) is 55.8 Å². The Balaban J connectivity index is 1.90. The van der Waals surface area contributed by atoms with Crippen molar-refractivity contribution in [3.63, 3.8) is 0 Å². The second-order valence-electron chi connectivity index (χ2n) is 5.94. The second-order valence-corrected chi connectivity index (χ2v) is 5.94. The molecule has 0 radical (unpaired) electrons. The zero-order valence-electron chi connectivity index (χ0n) is 13.0. The van der Waals surface area contributed by atoms with Gasteiger partial charge in [-0.2, -0.15) is 0 Å². The molecular formula is C18H18O5. The van der Waals surface area contributed by atoms with Crippen LogP contribution in [0.15, 0.2) is 48.1 Å². The largest absolute Gasteiger partial charge is 0.508 e. The first-order valence-corrected chi connectivity index (χ1v) is 7.47. The highest BCUT2D eigenvalue weighted by atomic mass is 16.5. The lowest BCUT2D eigenvalue weighted by Gasteiger charge is -2.34. The van der Waals surface area contributed by atoms with Gasteiger partial charge < -0.3 is 14.6 Å². The molecule has 1 N–H and O–H groups in total. The molecule has 1 aliphatic carbocycles. The van der Waals surface area contributed by atoms with Crippen LogP contribution in [-0.2, 0) is 14.3 Å². The molecule has 23 heavy (non-hydrogen) atoms. The van der Waals surface area contributed by atoms with Gasteiger partial charge in [-0.15, -0.1) is 0 Å². The van der Waals surface area contributed by atoms with Crippen LogP contribution >= 0.6 is 0 Å². The van der Waals surface area contributed by atoms with Crippen LogP contribution in [0.25, 0.3) is 0 Å². The lowest BCUT2D eigenvalue weighted by Crippen LogP contribution is -2.46. The summed E-state index contributed by atoms with van der Waals surface area (Å²) in [7, 11) is 0. The highest BCUT2D eigenvalue weighted by Crippen LogP contribution is 2.45. The molecule has 1 aliphatic heterocycles. The summed E-state index contributed by atoms with van der Waals surface area (Å²) in [5, 5.41) is 9.28. The first-order chi connectivity index (χ1) is 10.9. The number of benzene rings is 1. The molecule has 5 heteroatoms. The fourth-order valence-electron chi connectivity index (χ4n) is 3.21. The van der Waals surface area contributed by atoms with E-state index >= 15 is 0 Å². The molecule has 2 aliphatic rings. The fourth-order valence-corrected chi connectivity index (χ4v) is 3.21. The molecule has 1 unspecified atom stereocenters. The quantitative estimate of drug-likeness (QED) is 0.393. The van der Waals surface area contributed by atoms with Gasteiger partial charge in [-0.25, -0.2) is 0 Å². The van der Waals surface area contributed by atoms with Crippen molar-refractivity contribution in [3.05, 3.63) is 48.1 Å². The average molecular weight is 314 g/mol. The number of carbonyl (C=O) groups is 2. The van der Waals surface area contributed by atoms with Crippen molar-refractivity contribution in [2.75, 3.05) is 6.61 Å². The lowest BCUT2D eigenvalue weighted by molar-refractivity contribution is -0.147. The first kappa shape index (κ1) is 15.5. The van der Waals surface area contributed by atoms with Gasteiger partial charge in [0.25, 0.3) is 0 Å². The molecule has 0 spiro atoms. The number of hydrogen-bond acceptors (Lipinski definition) is 5. The Morgan fingerprint density at radius 2 is 2.09 bits per heavy atom. The minimum absolute atomic E-state index is 0.0782. The van der Waals surface area contributed by atoms with E-state index < -0.39 is 17.5 Å². The molecule has 0 bridgehead atoms. The first-order valence-electron chi connectivity index (χ1n) is 7.47. The number of carbonyl (C=O) groups excluding carboxylic acids is 2. The van der Waals surface area contributed by atoms with Crippen LogP contribution in [0.5, 0.6) is 11.5 Å². The highest BCUT2D eigenvalue weighted by molar-refractivity contribution is 6.07. The zero-order chi connectivity index (χ0) is 16.6. The Hall–Kier alpha value is -2.40. The number of hydrogen-bond donors (Lipinski definition) is 1. The maximum Gasteiger partial charge on any atom is 0.322 e. The van der Waals surface area contributed by atoms with Gasteiger partial charge in [-0.1, -0.05) is 6.08 Å². The predicted octanol–water partition coefficient (Wildman–Crippen LogP) is 2.40. The molecule has 1 aromatic rings. The van der Waals surface area contributed by atoms with Crippen molar-refractivity contribution < 1.29 is 24.2 Å². The smallest absolute Gasteiger partial charge is 0.322 e. The predicted molar refractivity (Wildman–Crippen MR) is 83.0 cm³/mol. The standard InChI is InChI=1S/C18H18O5/c1-3-11-10-22-18(2)9-8-14(20)15(16(11)18)17(21)23-13-6-4-12(19)5-7-13/h3-9,15-16,19H,10H2,1-2H3/b11-3+/t15-,16?,18-/m1/s1. The Kier molecular flexibility index (Phi) is 3.82. The van der Waals surface area contributed by atoms with E-state index in [1.165, 1.54) is 30.3 Å². The van der Waals surface area contributed by atoms with E-state index in [2.05, 4.69) is 0 Å². The summed E-state index contributed by atoms with van der Waals surface area (Å²) in [6.07, 6.45) is 5.02. The van der Waals surface area contributed by atoms with E-state index in [4.69, 9.17) is 9.47 Å². The Bertz CT molecular complexity index is 701. The number of rotatable bonds is 2. The molecule has 120 valence electrons. The van der Waals surface area contributed by atoms with Crippen LogP contribution in [0.1, 0.15) is 13.8 Å². The van der Waals surface area contributed by atoms with Crippen LogP contribution < -0.4 is 4.74 Å². The maximum absolute atomic E-state index is 12.6. The summed E-state index contributed by atoms with van der Waals surface area (Å²) in [5.74, 6) is -1.79. The number of allylic oxidation sites excluding steroid dienone is 2. The highest BCUT2D eigenvalue weighted by Gasteiger charge is 2.53. The van der Waals surface area contributed by atoms with E-state index in [0.717, 1.165) is 5.57 Å². The van der Waals surface area contributed by atoms with Crippen molar-refractivity contribution in [3.8, 4) is 11.5 Å². The molecule has 0 aromatic heterocycles. The molecule has 1 fully saturated rings. The summed E-state index contributed by atoms with van der Waals surface area (Å²) in [4.78, 5) is 24.9. The van der Waals surface area contributed by atoms with Crippen LogP contribution in [0.2, 0.25) is 0 Å². The van der Waals surface area contributed by atoms with Crippen LogP contribution in [-0.4, -0.2) is 29.1 Å². The number of ketones is 1. The van der Waals surface area contributed by atoms with Crippen molar-refractivity contribution in [2.45, 2.75) is 19.4 Å². The van der Waals surface area contributed by atoms with Crippen molar-refractivity contribution in [2.24, 2.45) is 11.8 Å². The van der Waals surface area contributed by atoms with Crippen LogP contribution in [0.4, 0.5) is 0 Å². The number of phenolic OH excluding ortho intramolecular Hbond substituents is 1. The third-order valence-corrected chi connectivity index (χ3v) is 4.47. The molecule has 1 heterocycles. The normalized spacial score (nSPS) is 31.2. The van der Waals surface area contributed by atoms with Crippen LogP contribution in [0.3, 0.4) is 0 Å². The fraction of sp³-hybridized carbons (Fsp3) is 0.333. The summed E-state index contributed by atoms with van der Waals surface area (Å²) in [5.41, 5.74) is 0.256. The number of phenols is 1. The van der Waals surface area contributed by atoms with Crippen LogP contribution in [0, 0.1) is 11.8 Å². The average Bonchev–Trinajstić information content (AvgIpc) is 2.87. The van der Waals surface area contributed by atoms with E-state index in [1.54, 1.807) is 6.08 Å². The number of ether oxygens (including phenoxy) is 2. The summed E-state index contributed by atoms with van der Waals surface area (Å²) >= 11 is 0. The van der Waals surface area contributed by atoms with E-state index in [9.17, 15) is 14.7 Å². The van der Waals surface area contributed by atoms with Gasteiger partial charge in [0.05, 0.1) is 12.2 Å². The molecular weight excluding hydrogens is 296 g/mol. The van der Waals surface area contributed by atoms with Crippen molar-refractivity contribution >= 4 is 11.8 Å². The zero-order valence-corrected chi connectivity index (χ0v) is 13.0. The van der Waals surface area contributed by atoms with E-state index in [0.29, 0.717) is 6.61 Å². The number of fused-ring (bicyclic) bond motifs is 1. The second kappa shape index (κ2) is 5.66. The molecule has 0 amide bonds. The summed E-state index contributed by atoms with van der Waals surface area (Å²) < 4.78 is 11.1. The third-order valence-electron chi connectivity index (χ3n) is 4.47. The third kappa shape index (κ3) is 2.68. The molecule has 1 saturated heterocycles. The van der Waals surface area contributed by atoms with Crippen molar-refractivity contribution in [1.29, 1.82) is 0 Å². The van der Waals surface area contributed by atoms with Gasteiger partial charge in [-0.3, -0.25) is 9.59 Å². The van der Waals surface area contributed by atoms with E-state index in [1.807, 2.05) is 19.9 Å². The lowest BCUT2D eigenvalue weighted by atomic mass is 9.71. The number of esters is 1. The minimum Gasteiger partial charge on any atom is -0.508 e. The number of aromatic hydroxyl groups is 1. The molecule has 3 rings (SSSR count). The summed E-state index contributed by atoms with van der Waals surface area (Å²) in [6.45, 7) is 4.14. The Labute approximate surface area is 134 Å². The minimum atomic E-state index is -0.924. The SMILES string of the molecule is C/C=C1\CO[C@]2(C)C=CC(=O)[C@@H](C(=O)Oc3ccc(O)cc3)C12. The van der Waals surface area contributed by atoms with Gasteiger partial charge in [0.2, 0.25) is 0 Å². The Morgan fingerprint density at radius 3 is 2.74 bits per heavy atom. The van der Waals surface area contributed by atoms with Gasteiger partial charge in [0.15, 0.2) is 5.78 Å².